The van der Waals surface area contributed by atoms with Gasteiger partial charge in [-0.15, -0.1) is 0 Å². The zero-order chi connectivity index (χ0) is 13.8. The standard InChI is InChI=1S/C11H12N4O4/c1-6-4-7(15-14-6)10(16)19-8-5-12-11(18-3)13-9(8)17-2/h4-5H,1-3H3,(H,14,15). The van der Waals surface area contributed by atoms with Crippen molar-refractivity contribution in [3.8, 4) is 17.6 Å². The monoisotopic (exact) mass is 264 g/mol. The van der Waals surface area contributed by atoms with Gasteiger partial charge in [0.1, 0.15) is 0 Å². The Labute approximate surface area is 108 Å². The number of methoxy groups -OCH3 is 2. The fraction of sp³-hybridized carbons (Fsp3) is 0.273. The fourth-order valence-electron chi connectivity index (χ4n) is 1.33. The third-order valence-electron chi connectivity index (χ3n) is 2.19. The van der Waals surface area contributed by atoms with Crippen LogP contribution in [0.15, 0.2) is 12.3 Å². The molecule has 100 valence electrons. The summed E-state index contributed by atoms with van der Waals surface area (Å²) in [5.74, 6) is -0.433. The highest BCUT2D eigenvalue weighted by atomic mass is 16.6. The van der Waals surface area contributed by atoms with Gasteiger partial charge >= 0.3 is 12.0 Å². The molecule has 0 amide bonds. The summed E-state index contributed by atoms with van der Waals surface area (Å²) >= 11 is 0. The predicted molar refractivity (Wildman–Crippen MR) is 63.4 cm³/mol. The molecular formula is C11H12N4O4. The zero-order valence-electron chi connectivity index (χ0n) is 10.6. The first-order valence-electron chi connectivity index (χ1n) is 5.33. The molecule has 0 fully saturated rings. The van der Waals surface area contributed by atoms with Crippen LogP contribution in [0.4, 0.5) is 0 Å². The van der Waals surface area contributed by atoms with Crippen LogP contribution in [0.3, 0.4) is 0 Å². The Kier molecular flexibility index (Phi) is 3.60. The lowest BCUT2D eigenvalue weighted by atomic mass is 10.4. The molecule has 19 heavy (non-hydrogen) atoms. The Balaban J connectivity index is 2.21. The molecule has 2 aromatic rings. The molecule has 0 aromatic carbocycles. The molecular weight excluding hydrogens is 252 g/mol. The minimum absolute atomic E-state index is 0.0916. The summed E-state index contributed by atoms with van der Waals surface area (Å²) in [5.41, 5.74) is 0.917. The lowest BCUT2D eigenvalue weighted by molar-refractivity contribution is 0.0721. The average Bonchev–Trinajstić information content (AvgIpc) is 2.86. The number of aromatic nitrogens is 4. The molecule has 0 spiro atoms. The highest BCUT2D eigenvalue weighted by Gasteiger charge is 2.17. The number of esters is 1. The van der Waals surface area contributed by atoms with Crippen LogP contribution >= 0.6 is 0 Å². The first kappa shape index (κ1) is 12.8. The zero-order valence-corrected chi connectivity index (χ0v) is 10.6. The molecule has 0 saturated heterocycles. The Morgan fingerprint density at radius 2 is 2.11 bits per heavy atom. The number of aromatic amines is 1. The number of nitrogens with zero attached hydrogens (tertiary/aromatic N) is 3. The Morgan fingerprint density at radius 1 is 1.32 bits per heavy atom. The van der Waals surface area contributed by atoms with Gasteiger partial charge in [0.25, 0.3) is 5.88 Å². The molecule has 0 atom stereocenters. The van der Waals surface area contributed by atoms with E-state index in [1.54, 1.807) is 13.0 Å². The summed E-state index contributed by atoms with van der Waals surface area (Å²) in [6.45, 7) is 1.78. The van der Waals surface area contributed by atoms with Gasteiger partial charge in [0.05, 0.1) is 20.4 Å². The van der Waals surface area contributed by atoms with Gasteiger partial charge in [-0.25, -0.2) is 4.79 Å². The summed E-state index contributed by atoms with van der Waals surface area (Å²) in [6, 6.07) is 1.69. The Bertz CT molecular complexity index is 596. The van der Waals surface area contributed by atoms with Gasteiger partial charge < -0.3 is 14.2 Å². The number of carbonyl (C=O) groups is 1. The van der Waals surface area contributed by atoms with Crippen LogP contribution < -0.4 is 14.2 Å². The second-order valence-corrected chi connectivity index (χ2v) is 3.56. The number of ether oxygens (including phenoxy) is 3. The van der Waals surface area contributed by atoms with E-state index >= 15 is 0 Å². The van der Waals surface area contributed by atoms with Crippen molar-refractivity contribution in [3.63, 3.8) is 0 Å². The minimum Gasteiger partial charge on any atom is -0.478 e. The molecule has 0 aliphatic carbocycles. The van der Waals surface area contributed by atoms with Crippen molar-refractivity contribution in [2.45, 2.75) is 6.92 Å². The number of hydrogen-bond donors (Lipinski definition) is 1. The molecule has 0 bridgehead atoms. The van der Waals surface area contributed by atoms with Crippen LogP contribution in [0.5, 0.6) is 17.6 Å². The number of rotatable bonds is 4. The largest absolute Gasteiger partial charge is 0.478 e. The smallest absolute Gasteiger partial charge is 0.364 e. The SMILES string of the molecule is COc1ncc(OC(=O)c2cc(C)[nH]n2)c(OC)n1. The van der Waals surface area contributed by atoms with Crippen molar-refractivity contribution >= 4 is 5.97 Å². The van der Waals surface area contributed by atoms with Crippen molar-refractivity contribution in [1.29, 1.82) is 0 Å². The maximum Gasteiger partial charge on any atom is 0.364 e. The molecule has 2 heterocycles. The van der Waals surface area contributed by atoms with E-state index in [-0.39, 0.29) is 23.3 Å². The van der Waals surface area contributed by atoms with Gasteiger partial charge in [0, 0.05) is 5.69 Å². The van der Waals surface area contributed by atoms with Gasteiger partial charge in [-0.2, -0.15) is 15.1 Å². The Morgan fingerprint density at radius 3 is 2.68 bits per heavy atom. The maximum absolute atomic E-state index is 11.8. The van der Waals surface area contributed by atoms with E-state index in [9.17, 15) is 4.79 Å². The van der Waals surface area contributed by atoms with E-state index in [2.05, 4.69) is 20.2 Å². The molecule has 0 aliphatic rings. The molecule has 8 nitrogen and oxygen atoms in total. The van der Waals surface area contributed by atoms with Crippen LogP contribution in [-0.4, -0.2) is 40.4 Å². The summed E-state index contributed by atoms with van der Waals surface area (Å²) < 4.78 is 14.9. The molecule has 0 unspecified atom stereocenters. The first-order chi connectivity index (χ1) is 9.13. The number of nitrogens with one attached hydrogen (secondary N) is 1. The van der Waals surface area contributed by atoms with E-state index in [1.165, 1.54) is 20.4 Å². The summed E-state index contributed by atoms with van der Waals surface area (Å²) in [4.78, 5) is 19.5. The quantitative estimate of drug-likeness (QED) is 0.813. The minimum atomic E-state index is -0.628. The van der Waals surface area contributed by atoms with Gasteiger partial charge in [-0.05, 0) is 13.0 Å². The lowest BCUT2D eigenvalue weighted by Crippen LogP contribution is -2.11. The summed E-state index contributed by atoms with van der Waals surface area (Å²) in [6.07, 6.45) is 1.29. The van der Waals surface area contributed by atoms with Gasteiger partial charge in [-0.1, -0.05) is 0 Å². The molecule has 8 heteroatoms. The summed E-state index contributed by atoms with van der Waals surface area (Å²) in [5, 5.41) is 6.44. The Hall–Kier alpha value is -2.64. The number of aryl methyl sites for hydroxylation is 1. The molecule has 0 radical (unpaired) electrons. The van der Waals surface area contributed by atoms with Gasteiger partial charge in [-0.3, -0.25) is 5.10 Å². The third-order valence-corrected chi connectivity index (χ3v) is 2.19. The number of hydrogen-bond acceptors (Lipinski definition) is 7. The van der Waals surface area contributed by atoms with Crippen molar-refractivity contribution in [2.24, 2.45) is 0 Å². The molecule has 2 aromatic heterocycles. The van der Waals surface area contributed by atoms with E-state index in [4.69, 9.17) is 14.2 Å². The molecule has 2 rings (SSSR count). The lowest BCUT2D eigenvalue weighted by Gasteiger charge is -2.07. The second-order valence-electron chi connectivity index (χ2n) is 3.56. The van der Waals surface area contributed by atoms with E-state index in [0.717, 1.165) is 5.69 Å². The number of carbonyl (C=O) groups excluding carboxylic acids is 1. The number of H-pyrrole nitrogens is 1. The topological polar surface area (TPSA) is 99.2 Å². The molecule has 1 N–H and O–H groups in total. The third kappa shape index (κ3) is 2.79. The highest BCUT2D eigenvalue weighted by molar-refractivity contribution is 5.89. The van der Waals surface area contributed by atoms with Crippen LogP contribution in [0.2, 0.25) is 0 Å². The van der Waals surface area contributed by atoms with E-state index < -0.39 is 5.97 Å². The normalized spacial score (nSPS) is 10.1. The van der Waals surface area contributed by atoms with Crippen LogP contribution in [0, 0.1) is 6.92 Å². The maximum atomic E-state index is 11.8. The van der Waals surface area contributed by atoms with E-state index in [0.29, 0.717) is 0 Å². The molecule has 0 saturated carbocycles. The average molecular weight is 264 g/mol. The van der Waals surface area contributed by atoms with Crippen LogP contribution in [0.1, 0.15) is 16.2 Å². The predicted octanol–water partition coefficient (Wildman–Crippen LogP) is 0.745. The van der Waals surface area contributed by atoms with Gasteiger partial charge in [0.2, 0.25) is 5.75 Å². The van der Waals surface area contributed by atoms with Crippen LogP contribution in [0.25, 0.3) is 0 Å². The van der Waals surface area contributed by atoms with E-state index in [1.807, 2.05) is 0 Å². The second kappa shape index (κ2) is 5.34. The first-order valence-corrected chi connectivity index (χ1v) is 5.33. The van der Waals surface area contributed by atoms with Crippen molar-refractivity contribution in [2.75, 3.05) is 14.2 Å². The molecule has 0 aliphatic heterocycles. The fourth-order valence-corrected chi connectivity index (χ4v) is 1.33. The highest BCUT2D eigenvalue weighted by Crippen LogP contribution is 2.25. The van der Waals surface area contributed by atoms with Crippen LogP contribution in [-0.2, 0) is 0 Å². The summed E-state index contributed by atoms with van der Waals surface area (Å²) in [7, 11) is 2.82. The van der Waals surface area contributed by atoms with Crippen molar-refractivity contribution in [3.05, 3.63) is 23.7 Å². The van der Waals surface area contributed by atoms with Crippen molar-refractivity contribution < 1.29 is 19.0 Å². The van der Waals surface area contributed by atoms with Gasteiger partial charge in [0.15, 0.2) is 5.69 Å². The van der Waals surface area contributed by atoms with Crippen molar-refractivity contribution in [1.82, 2.24) is 20.2 Å².